The molecule has 1 fully saturated rings. The summed E-state index contributed by atoms with van der Waals surface area (Å²) in [4.78, 5) is 49.0. The number of carbonyl (C=O) groups is 3. The van der Waals surface area contributed by atoms with Crippen LogP contribution in [0.1, 0.15) is 65.0 Å². The van der Waals surface area contributed by atoms with Crippen LogP contribution in [0.4, 0.5) is 35.6 Å². The highest BCUT2D eigenvalue weighted by Gasteiger charge is 2.28. The summed E-state index contributed by atoms with van der Waals surface area (Å²) in [5.41, 5.74) is -0.352. The third-order valence-corrected chi connectivity index (χ3v) is 9.78. The van der Waals surface area contributed by atoms with Crippen LogP contribution in [-0.2, 0) is 20.9 Å². The number of nitrogens with one attached hydrogen (secondary N) is 3. The molecule has 2 aromatic heterocycles. The Hall–Kier alpha value is -4.57. The number of nitrogens with zero attached hydrogens (tertiary/aromatic N) is 4. The van der Waals surface area contributed by atoms with Gasteiger partial charge in [-0.3, -0.25) is 10.1 Å². The summed E-state index contributed by atoms with van der Waals surface area (Å²) in [6, 6.07) is 6.49. The lowest BCUT2D eigenvalue weighted by molar-refractivity contribution is 0.0515. The Labute approximate surface area is 311 Å². The van der Waals surface area contributed by atoms with E-state index in [1.54, 1.807) is 69.3 Å². The molecule has 1 saturated heterocycles. The monoisotopic (exact) mass is 757 g/mol. The van der Waals surface area contributed by atoms with Gasteiger partial charge in [-0.25, -0.2) is 28.3 Å². The Morgan fingerprint density at radius 3 is 2.25 bits per heavy atom. The molecule has 1 aliphatic heterocycles. The number of ether oxygens (including phenoxy) is 3. The SMILES string of the molecule is CC(C)(C)OC(=O)NCC1CCN(c2c(NC(=O)c3nc(-c4ccnc(NC(=O)OC(C)(C)C)c4)cn3COCC[Si](C)(C)C)ccc(F)c2F)CC1. The number of piperidine rings is 1. The summed E-state index contributed by atoms with van der Waals surface area (Å²) in [5.74, 6) is -2.47. The molecule has 3 N–H and O–H groups in total. The van der Waals surface area contributed by atoms with E-state index >= 15 is 4.39 Å². The predicted octanol–water partition coefficient (Wildman–Crippen LogP) is 7.88. The number of halogens is 2. The molecule has 53 heavy (non-hydrogen) atoms. The number of hydrogen-bond donors (Lipinski definition) is 3. The molecule has 0 unspecified atom stereocenters. The minimum absolute atomic E-state index is 0.0177. The minimum atomic E-state index is -1.40. The van der Waals surface area contributed by atoms with Crippen LogP contribution >= 0.6 is 0 Å². The molecule has 13 nitrogen and oxygen atoms in total. The molecule has 0 saturated carbocycles. The number of benzene rings is 1. The second-order valence-electron chi connectivity index (χ2n) is 16.3. The number of imidazole rings is 1. The first kappa shape index (κ1) is 41.2. The molecule has 1 aromatic carbocycles. The standard InChI is InChI=1S/C37H53F2N7O6Si/c1-36(2,3)51-34(48)41-21-24-13-16-45(17-14-24)31-27(11-10-26(38)30(31)39)43-33(47)32-42-28(22-46(32)23-50-18-19-53(7,8)9)25-12-15-40-29(20-25)44-35(49)52-37(4,5)6/h10-12,15,20,22,24H,13-14,16-19,21,23H2,1-9H3,(H,41,48)(H,43,47)(H,40,44,49). The number of anilines is 3. The van der Waals surface area contributed by atoms with Crippen LogP contribution in [0.25, 0.3) is 11.3 Å². The first-order valence-corrected chi connectivity index (χ1v) is 21.5. The van der Waals surface area contributed by atoms with Crippen molar-refractivity contribution in [2.24, 2.45) is 5.92 Å². The highest BCUT2D eigenvalue weighted by atomic mass is 28.3. The molecular weight excluding hydrogens is 705 g/mol. The van der Waals surface area contributed by atoms with Crippen LogP contribution in [0.3, 0.4) is 0 Å². The van der Waals surface area contributed by atoms with Gasteiger partial charge in [0.25, 0.3) is 5.91 Å². The van der Waals surface area contributed by atoms with Crippen molar-refractivity contribution in [1.29, 1.82) is 0 Å². The van der Waals surface area contributed by atoms with E-state index in [1.165, 1.54) is 12.3 Å². The number of hydrogen-bond acceptors (Lipinski definition) is 9. The van der Waals surface area contributed by atoms with Crippen molar-refractivity contribution in [1.82, 2.24) is 19.9 Å². The highest BCUT2D eigenvalue weighted by molar-refractivity contribution is 6.76. The topological polar surface area (TPSA) is 149 Å². The largest absolute Gasteiger partial charge is 0.444 e. The zero-order valence-electron chi connectivity index (χ0n) is 32.2. The number of amides is 3. The molecule has 16 heteroatoms. The average molecular weight is 758 g/mol. The van der Waals surface area contributed by atoms with E-state index in [2.05, 4.69) is 45.6 Å². The molecule has 0 atom stereocenters. The lowest BCUT2D eigenvalue weighted by Gasteiger charge is -2.35. The lowest BCUT2D eigenvalue weighted by atomic mass is 9.96. The number of carbonyl (C=O) groups excluding carboxylic acids is 3. The zero-order chi connectivity index (χ0) is 39.1. The predicted molar refractivity (Wildman–Crippen MR) is 203 cm³/mol. The van der Waals surface area contributed by atoms with Crippen molar-refractivity contribution in [3.8, 4) is 11.3 Å². The van der Waals surface area contributed by atoms with E-state index in [0.717, 1.165) is 12.1 Å². The fourth-order valence-corrected chi connectivity index (χ4v) is 6.23. The van der Waals surface area contributed by atoms with Crippen molar-refractivity contribution in [2.75, 3.05) is 41.8 Å². The maximum absolute atomic E-state index is 15.5. The Kier molecular flexibility index (Phi) is 13.3. The molecule has 4 rings (SSSR count). The van der Waals surface area contributed by atoms with Gasteiger partial charge in [0, 0.05) is 52.3 Å². The number of alkyl carbamates (subject to hydrolysis) is 1. The van der Waals surface area contributed by atoms with Gasteiger partial charge in [0.1, 0.15) is 23.8 Å². The Morgan fingerprint density at radius 2 is 1.60 bits per heavy atom. The zero-order valence-corrected chi connectivity index (χ0v) is 33.2. The molecular formula is C37H53F2N7O6Si. The maximum Gasteiger partial charge on any atom is 0.413 e. The first-order chi connectivity index (χ1) is 24.7. The smallest absolute Gasteiger partial charge is 0.413 e. The summed E-state index contributed by atoms with van der Waals surface area (Å²) in [6.07, 6.45) is 3.16. The van der Waals surface area contributed by atoms with Crippen LogP contribution in [0.5, 0.6) is 0 Å². The molecule has 0 spiro atoms. The fourth-order valence-electron chi connectivity index (χ4n) is 5.47. The maximum atomic E-state index is 15.5. The summed E-state index contributed by atoms with van der Waals surface area (Å²) in [6.45, 7) is 19.0. The molecule has 3 heterocycles. The summed E-state index contributed by atoms with van der Waals surface area (Å²) < 4.78 is 48.3. The average Bonchev–Trinajstić information content (AvgIpc) is 3.47. The van der Waals surface area contributed by atoms with Crippen molar-refractivity contribution >= 4 is 43.4 Å². The second kappa shape index (κ2) is 17.1. The third-order valence-electron chi connectivity index (χ3n) is 8.07. The Morgan fingerprint density at radius 1 is 0.943 bits per heavy atom. The number of pyridine rings is 1. The molecule has 3 aromatic rings. The second-order valence-corrected chi connectivity index (χ2v) is 22.0. The summed E-state index contributed by atoms with van der Waals surface area (Å²) in [5, 5.41) is 8.16. The number of rotatable bonds is 12. The molecule has 0 radical (unpaired) electrons. The van der Waals surface area contributed by atoms with Crippen molar-refractivity contribution in [3.05, 3.63) is 54.1 Å². The van der Waals surface area contributed by atoms with E-state index in [9.17, 15) is 18.8 Å². The van der Waals surface area contributed by atoms with Crippen LogP contribution in [0, 0.1) is 17.6 Å². The van der Waals surface area contributed by atoms with Crippen molar-refractivity contribution < 1.29 is 37.4 Å². The van der Waals surface area contributed by atoms with Gasteiger partial charge < -0.3 is 34.3 Å². The molecule has 1 aliphatic rings. The highest BCUT2D eigenvalue weighted by Crippen LogP contribution is 2.34. The normalized spacial score (nSPS) is 14.1. The van der Waals surface area contributed by atoms with Gasteiger partial charge in [0.05, 0.1) is 17.1 Å². The van der Waals surface area contributed by atoms with Crippen LogP contribution in [0.15, 0.2) is 36.7 Å². The van der Waals surface area contributed by atoms with Gasteiger partial charge in [-0.05, 0) is 90.6 Å². The summed E-state index contributed by atoms with van der Waals surface area (Å²) in [7, 11) is -1.40. The van der Waals surface area contributed by atoms with Gasteiger partial charge >= 0.3 is 12.2 Å². The molecule has 3 amide bonds. The van der Waals surface area contributed by atoms with E-state index in [0.29, 0.717) is 50.3 Å². The minimum Gasteiger partial charge on any atom is -0.444 e. The Bertz CT molecular complexity index is 1760. The molecule has 0 bridgehead atoms. The van der Waals surface area contributed by atoms with Gasteiger partial charge in [0.2, 0.25) is 5.82 Å². The quantitative estimate of drug-likeness (QED) is 0.124. The Balaban J connectivity index is 1.55. The van der Waals surface area contributed by atoms with Gasteiger partial charge in [-0.2, -0.15) is 0 Å². The van der Waals surface area contributed by atoms with Crippen LogP contribution < -0.4 is 20.9 Å². The fraction of sp³-hybridized carbons (Fsp3) is 0.541. The van der Waals surface area contributed by atoms with Crippen molar-refractivity contribution in [3.63, 3.8) is 0 Å². The molecule has 0 aliphatic carbocycles. The van der Waals surface area contributed by atoms with E-state index in [4.69, 9.17) is 14.2 Å². The first-order valence-electron chi connectivity index (χ1n) is 17.8. The van der Waals surface area contributed by atoms with Gasteiger partial charge in [0.15, 0.2) is 11.6 Å². The molecule has 290 valence electrons. The van der Waals surface area contributed by atoms with Gasteiger partial charge in [-0.15, -0.1) is 0 Å². The van der Waals surface area contributed by atoms with E-state index in [1.807, 2.05) is 0 Å². The van der Waals surface area contributed by atoms with Crippen LogP contribution in [-0.4, -0.2) is 78.1 Å². The lowest BCUT2D eigenvalue weighted by Crippen LogP contribution is -2.40. The summed E-state index contributed by atoms with van der Waals surface area (Å²) >= 11 is 0. The third kappa shape index (κ3) is 12.8. The van der Waals surface area contributed by atoms with Gasteiger partial charge in [-0.1, -0.05) is 19.6 Å². The van der Waals surface area contributed by atoms with Crippen LogP contribution in [0.2, 0.25) is 25.7 Å². The van der Waals surface area contributed by atoms with E-state index < -0.39 is 49.0 Å². The number of aromatic nitrogens is 3. The van der Waals surface area contributed by atoms with E-state index in [-0.39, 0.29) is 35.7 Å². The van der Waals surface area contributed by atoms with Crippen molar-refractivity contribution in [2.45, 2.75) is 98.0 Å².